The molecule has 0 radical (unpaired) electrons. The van der Waals surface area contributed by atoms with E-state index in [2.05, 4.69) is 44.5 Å². The Morgan fingerprint density at radius 2 is 1.85 bits per heavy atom. The van der Waals surface area contributed by atoms with Gasteiger partial charge in [-0.1, -0.05) is 48.5 Å². The SMILES string of the molecule is CCNC(=NCCc1nccn1Cc1ccccc1)NC1CC(=O)N(c2ccccc2)C1.I. The molecule has 1 aliphatic heterocycles. The first kappa shape index (κ1) is 24.8. The molecule has 1 atom stereocenters. The van der Waals surface area contributed by atoms with Crippen molar-refractivity contribution in [2.24, 2.45) is 4.99 Å². The molecule has 0 saturated carbocycles. The van der Waals surface area contributed by atoms with Crippen LogP contribution in [0.5, 0.6) is 0 Å². The molecule has 1 unspecified atom stereocenters. The van der Waals surface area contributed by atoms with Gasteiger partial charge in [-0.25, -0.2) is 4.98 Å². The molecule has 2 aromatic carbocycles. The molecule has 0 aliphatic carbocycles. The summed E-state index contributed by atoms with van der Waals surface area (Å²) in [6.45, 7) is 4.86. The van der Waals surface area contributed by atoms with Crippen molar-refractivity contribution in [3.8, 4) is 0 Å². The lowest BCUT2D eigenvalue weighted by molar-refractivity contribution is -0.117. The zero-order valence-corrected chi connectivity index (χ0v) is 21.2. The Balaban J connectivity index is 0.00000306. The summed E-state index contributed by atoms with van der Waals surface area (Å²) in [5.74, 6) is 1.88. The molecule has 0 bridgehead atoms. The largest absolute Gasteiger partial charge is 0.357 e. The minimum atomic E-state index is 0. The lowest BCUT2D eigenvalue weighted by Crippen LogP contribution is -2.44. The summed E-state index contributed by atoms with van der Waals surface area (Å²) in [5, 5.41) is 6.73. The van der Waals surface area contributed by atoms with Gasteiger partial charge in [0.1, 0.15) is 5.82 Å². The minimum absolute atomic E-state index is 0. The number of rotatable bonds is 8. The topological polar surface area (TPSA) is 74.5 Å². The van der Waals surface area contributed by atoms with Crippen molar-refractivity contribution in [3.63, 3.8) is 0 Å². The predicted octanol–water partition coefficient (Wildman–Crippen LogP) is 3.45. The summed E-state index contributed by atoms with van der Waals surface area (Å²) in [7, 11) is 0. The Morgan fingerprint density at radius 3 is 2.58 bits per heavy atom. The molecule has 1 amide bonds. The summed E-state index contributed by atoms with van der Waals surface area (Å²) in [6.07, 6.45) is 5.06. The molecule has 8 heteroatoms. The fourth-order valence-corrected chi connectivity index (χ4v) is 3.94. The molecule has 1 aliphatic rings. The molecule has 33 heavy (non-hydrogen) atoms. The second kappa shape index (κ2) is 12.4. The Bertz CT molecular complexity index is 1040. The van der Waals surface area contributed by atoms with E-state index in [0.29, 0.717) is 19.5 Å². The van der Waals surface area contributed by atoms with Gasteiger partial charge < -0.3 is 20.1 Å². The van der Waals surface area contributed by atoms with Crippen molar-refractivity contribution in [2.75, 3.05) is 24.5 Å². The Labute approximate surface area is 212 Å². The monoisotopic (exact) mass is 558 g/mol. The lowest BCUT2D eigenvalue weighted by Gasteiger charge is -2.19. The molecule has 1 saturated heterocycles. The van der Waals surface area contributed by atoms with Crippen LogP contribution in [0.3, 0.4) is 0 Å². The van der Waals surface area contributed by atoms with Crippen molar-refractivity contribution < 1.29 is 4.79 Å². The highest BCUT2D eigenvalue weighted by Crippen LogP contribution is 2.20. The van der Waals surface area contributed by atoms with Crippen LogP contribution >= 0.6 is 24.0 Å². The number of hydrogen-bond donors (Lipinski definition) is 2. The van der Waals surface area contributed by atoms with E-state index in [1.807, 2.05) is 60.6 Å². The number of anilines is 1. The minimum Gasteiger partial charge on any atom is -0.357 e. The first-order valence-corrected chi connectivity index (χ1v) is 11.2. The van der Waals surface area contributed by atoms with Crippen molar-refractivity contribution in [1.82, 2.24) is 20.2 Å². The number of para-hydroxylation sites is 1. The summed E-state index contributed by atoms with van der Waals surface area (Å²) >= 11 is 0. The van der Waals surface area contributed by atoms with Crippen LogP contribution in [0.15, 0.2) is 78.0 Å². The first-order chi connectivity index (χ1) is 15.7. The average Bonchev–Trinajstić information content (AvgIpc) is 3.41. The van der Waals surface area contributed by atoms with E-state index in [9.17, 15) is 4.79 Å². The van der Waals surface area contributed by atoms with Crippen molar-refractivity contribution in [1.29, 1.82) is 0 Å². The Morgan fingerprint density at radius 1 is 1.12 bits per heavy atom. The fraction of sp³-hybridized carbons (Fsp3) is 0.320. The maximum Gasteiger partial charge on any atom is 0.229 e. The van der Waals surface area contributed by atoms with E-state index >= 15 is 0 Å². The summed E-state index contributed by atoms with van der Waals surface area (Å²) in [6, 6.07) is 20.2. The van der Waals surface area contributed by atoms with E-state index in [0.717, 1.165) is 37.0 Å². The van der Waals surface area contributed by atoms with Crippen LogP contribution in [-0.4, -0.2) is 47.1 Å². The number of aromatic nitrogens is 2. The van der Waals surface area contributed by atoms with Crippen molar-refractivity contribution in [2.45, 2.75) is 32.4 Å². The quantitative estimate of drug-likeness (QED) is 0.253. The van der Waals surface area contributed by atoms with Gasteiger partial charge in [0.25, 0.3) is 0 Å². The van der Waals surface area contributed by atoms with Gasteiger partial charge in [-0.3, -0.25) is 9.79 Å². The second-order valence-corrected chi connectivity index (χ2v) is 7.85. The highest BCUT2D eigenvalue weighted by atomic mass is 127. The third-order valence-electron chi connectivity index (χ3n) is 5.48. The van der Waals surface area contributed by atoms with E-state index in [-0.39, 0.29) is 35.9 Å². The molecule has 2 heterocycles. The third-order valence-corrected chi connectivity index (χ3v) is 5.48. The maximum absolute atomic E-state index is 12.5. The van der Waals surface area contributed by atoms with E-state index in [1.54, 1.807) is 0 Å². The lowest BCUT2D eigenvalue weighted by atomic mass is 10.2. The average molecular weight is 558 g/mol. The Kier molecular flexibility index (Phi) is 9.29. The molecular formula is C25H31IN6O. The number of carbonyl (C=O) groups is 1. The van der Waals surface area contributed by atoms with Crippen LogP contribution < -0.4 is 15.5 Å². The number of carbonyl (C=O) groups excluding carboxylic acids is 1. The zero-order chi connectivity index (χ0) is 22.2. The van der Waals surface area contributed by atoms with Crippen LogP contribution in [0.25, 0.3) is 0 Å². The first-order valence-electron chi connectivity index (χ1n) is 11.2. The van der Waals surface area contributed by atoms with Gasteiger partial charge in [0.05, 0.1) is 6.04 Å². The summed E-state index contributed by atoms with van der Waals surface area (Å²) in [4.78, 5) is 23.6. The molecule has 2 N–H and O–H groups in total. The predicted molar refractivity (Wildman–Crippen MR) is 143 cm³/mol. The molecule has 174 valence electrons. The fourth-order valence-electron chi connectivity index (χ4n) is 3.94. The van der Waals surface area contributed by atoms with E-state index in [1.165, 1.54) is 5.56 Å². The smallest absolute Gasteiger partial charge is 0.229 e. The molecule has 3 aromatic rings. The number of benzene rings is 2. The zero-order valence-electron chi connectivity index (χ0n) is 18.9. The highest BCUT2D eigenvalue weighted by Gasteiger charge is 2.31. The van der Waals surface area contributed by atoms with E-state index in [4.69, 9.17) is 4.99 Å². The summed E-state index contributed by atoms with van der Waals surface area (Å²) in [5.41, 5.74) is 2.19. The van der Waals surface area contributed by atoms with Crippen LogP contribution in [0.2, 0.25) is 0 Å². The molecule has 7 nitrogen and oxygen atoms in total. The number of hydrogen-bond acceptors (Lipinski definition) is 3. The van der Waals surface area contributed by atoms with Gasteiger partial charge in [0, 0.05) is 57.1 Å². The van der Waals surface area contributed by atoms with Gasteiger partial charge >= 0.3 is 0 Å². The van der Waals surface area contributed by atoms with Crippen molar-refractivity contribution >= 4 is 41.5 Å². The number of amides is 1. The van der Waals surface area contributed by atoms with E-state index < -0.39 is 0 Å². The molecule has 1 aromatic heterocycles. The standard InChI is InChI=1S/C25H30N6O.HI/c1-2-26-25(29-21-17-24(32)31(19-21)22-11-7-4-8-12-22)28-14-13-23-27-15-16-30(23)18-20-9-5-3-6-10-20;/h3-12,15-16,21H,2,13-14,17-19H2,1H3,(H2,26,28,29);1H. The van der Waals surface area contributed by atoms with Gasteiger partial charge in [-0.05, 0) is 24.6 Å². The number of imidazole rings is 1. The normalized spacial score (nSPS) is 15.9. The van der Waals surface area contributed by atoms with Gasteiger partial charge in [-0.15, -0.1) is 24.0 Å². The van der Waals surface area contributed by atoms with Crippen molar-refractivity contribution in [3.05, 3.63) is 84.4 Å². The highest BCUT2D eigenvalue weighted by molar-refractivity contribution is 14.0. The molecule has 1 fully saturated rings. The molecular weight excluding hydrogens is 527 g/mol. The number of guanidine groups is 1. The maximum atomic E-state index is 12.5. The Hall–Kier alpha value is -2.88. The van der Waals surface area contributed by atoms with Crippen LogP contribution in [0.1, 0.15) is 24.7 Å². The summed E-state index contributed by atoms with van der Waals surface area (Å²) < 4.78 is 2.17. The molecule has 0 spiro atoms. The number of aliphatic imine (C=N–C) groups is 1. The number of nitrogens with one attached hydrogen (secondary N) is 2. The number of nitrogens with zero attached hydrogens (tertiary/aromatic N) is 4. The van der Waals surface area contributed by atoms with Gasteiger partial charge in [0.2, 0.25) is 5.91 Å². The molecule has 4 rings (SSSR count). The van der Waals surface area contributed by atoms with Crippen LogP contribution in [0, 0.1) is 0 Å². The second-order valence-electron chi connectivity index (χ2n) is 7.85. The third kappa shape index (κ3) is 6.80. The van der Waals surface area contributed by atoms with Gasteiger partial charge in [0.15, 0.2) is 5.96 Å². The van der Waals surface area contributed by atoms with Crippen LogP contribution in [-0.2, 0) is 17.8 Å². The van der Waals surface area contributed by atoms with Crippen LogP contribution in [0.4, 0.5) is 5.69 Å². The van der Waals surface area contributed by atoms with Gasteiger partial charge in [-0.2, -0.15) is 0 Å². The number of halogens is 1.